The van der Waals surface area contributed by atoms with E-state index in [9.17, 15) is 14.7 Å². The molecule has 1 saturated heterocycles. The number of alkyl halides is 1. The molecule has 0 bridgehead atoms. The van der Waals surface area contributed by atoms with Gasteiger partial charge in [-0.3, -0.25) is 19.9 Å². The summed E-state index contributed by atoms with van der Waals surface area (Å²) in [6.07, 6.45) is -3.27. The third-order valence-corrected chi connectivity index (χ3v) is 9.77. The maximum atomic E-state index is 16.0. The van der Waals surface area contributed by atoms with Crippen molar-refractivity contribution in [3.8, 4) is 11.5 Å². The van der Waals surface area contributed by atoms with Crippen LogP contribution in [0.15, 0.2) is 83.7 Å². The molecule has 0 saturated carbocycles. The number of aromatic nitrogens is 5. The zero-order valence-corrected chi connectivity index (χ0v) is 27.5. The number of thioether (sulfide) groups is 1. The maximum absolute atomic E-state index is 16.0. The van der Waals surface area contributed by atoms with Gasteiger partial charge < -0.3 is 19.3 Å². The molecule has 1 aliphatic heterocycles. The van der Waals surface area contributed by atoms with Crippen LogP contribution in [0, 0.1) is 5.92 Å². The van der Waals surface area contributed by atoms with E-state index in [1.807, 2.05) is 78.9 Å². The number of aliphatic hydroxyl groups is 1. The Morgan fingerprint density at radius 1 is 1.00 bits per heavy atom. The average molecular weight is 675 g/mol. The first-order valence-electron chi connectivity index (χ1n) is 15.3. The number of amides is 1. The molecule has 1 amide bonds. The van der Waals surface area contributed by atoms with Crippen LogP contribution in [-0.2, 0) is 15.1 Å². The summed E-state index contributed by atoms with van der Waals surface area (Å²) >= 11 is 1.10. The van der Waals surface area contributed by atoms with Gasteiger partial charge in [0.15, 0.2) is 11.2 Å². The van der Waals surface area contributed by atoms with E-state index in [4.69, 9.17) is 14.2 Å². The van der Waals surface area contributed by atoms with Crippen molar-refractivity contribution in [3.63, 3.8) is 0 Å². The van der Waals surface area contributed by atoms with Crippen LogP contribution in [0.5, 0.6) is 11.5 Å². The summed E-state index contributed by atoms with van der Waals surface area (Å²) in [4.78, 5) is 31.8. The summed E-state index contributed by atoms with van der Waals surface area (Å²) in [6.45, 7) is 3.27. The third-order valence-electron chi connectivity index (χ3n) is 8.27. The van der Waals surface area contributed by atoms with Crippen molar-refractivity contribution in [2.24, 2.45) is 5.92 Å². The van der Waals surface area contributed by atoms with Crippen molar-refractivity contribution in [1.29, 1.82) is 0 Å². The highest BCUT2D eigenvalue weighted by Crippen LogP contribution is 2.47. The van der Waals surface area contributed by atoms with Crippen molar-refractivity contribution in [3.05, 3.63) is 106 Å². The predicted octanol–water partition coefficient (Wildman–Crippen LogP) is 4.45. The number of ether oxygens (including phenoxy) is 3. The molecule has 0 unspecified atom stereocenters. The number of carbonyl (C=O) groups is 1. The van der Waals surface area contributed by atoms with Crippen molar-refractivity contribution in [1.82, 2.24) is 25.0 Å². The highest BCUT2D eigenvalue weighted by atomic mass is 32.2. The topological polar surface area (TPSA) is 153 Å². The molecule has 4 atom stereocenters. The van der Waals surface area contributed by atoms with E-state index in [0.29, 0.717) is 11.5 Å². The summed E-state index contributed by atoms with van der Waals surface area (Å²) < 4.78 is 35.0. The Kier molecular flexibility index (Phi) is 9.49. The van der Waals surface area contributed by atoms with Gasteiger partial charge in [0.05, 0.1) is 26.1 Å². The number of methoxy groups -OCH3 is 2. The molecule has 6 rings (SSSR count). The smallest absolute Gasteiger partial charge is 0.282 e. The number of aliphatic hydroxyl groups excluding tert-OH is 1. The molecule has 0 aliphatic carbocycles. The van der Waals surface area contributed by atoms with E-state index in [1.54, 1.807) is 28.1 Å². The molecule has 250 valence electrons. The van der Waals surface area contributed by atoms with Crippen molar-refractivity contribution in [2.45, 2.75) is 42.3 Å². The Labute approximate surface area is 279 Å². The molecule has 5 aromatic rings. The summed E-state index contributed by atoms with van der Waals surface area (Å²) in [5, 5.41) is 19.9. The minimum absolute atomic E-state index is 0.00165. The highest BCUT2D eigenvalue weighted by molar-refractivity contribution is 8.00. The van der Waals surface area contributed by atoms with Crippen LogP contribution in [0.4, 0.5) is 10.3 Å². The van der Waals surface area contributed by atoms with Crippen LogP contribution in [-0.4, -0.2) is 74.3 Å². The molecule has 1 aliphatic rings. The number of benzene rings is 3. The second kappa shape index (κ2) is 13.7. The normalized spacial score (nSPS) is 19.5. The van der Waals surface area contributed by atoms with Crippen LogP contribution in [0.1, 0.15) is 35.9 Å². The highest BCUT2D eigenvalue weighted by Gasteiger charge is 2.48. The SMILES string of the molecule is COc1ccc(C(OC[C@H]2S[C@@H](n3nnc4c(=O)[nH]c(NC(=O)C(C)C)nc43)[C@H](O)[C@@H]2F)(c2ccccc2)c2ccc(OC)cc2)cc1. The van der Waals surface area contributed by atoms with Gasteiger partial charge in [-0.05, 0) is 41.0 Å². The van der Waals surface area contributed by atoms with Gasteiger partial charge in [0, 0.05) is 5.92 Å². The summed E-state index contributed by atoms with van der Waals surface area (Å²) in [6, 6.07) is 24.6. The minimum Gasteiger partial charge on any atom is -0.497 e. The number of hydrogen-bond donors (Lipinski definition) is 3. The molecule has 0 radical (unpaired) electrons. The number of anilines is 1. The van der Waals surface area contributed by atoms with Crippen LogP contribution >= 0.6 is 11.8 Å². The van der Waals surface area contributed by atoms with Crippen molar-refractivity contribution >= 4 is 34.8 Å². The number of halogens is 1. The molecule has 3 heterocycles. The quantitative estimate of drug-likeness (QED) is 0.171. The molecule has 14 heteroatoms. The van der Waals surface area contributed by atoms with Gasteiger partial charge in [-0.15, -0.1) is 16.9 Å². The molecule has 48 heavy (non-hydrogen) atoms. The summed E-state index contributed by atoms with van der Waals surface area (Å²) in [7, 11) is 3.18. The number of aromatic amines is 1. The van der Waals surface area contributed by atoms with Gasteiger partial charge in [0.1, 0.15) is 34.7 Å². The molecule has 3 aromatic carbocycles. The monoisotopic (exact) mass is 674 g/mol. The minimum atomic E-state index is -1.73. The van der Waals surface area contributed by atoms with E-state index >= 15 is 4.39 Å². The molecule has 1 fully saturated rings. The Hall–Kier alpha value is -4.79. The lowest BCUT2D eigenvalue weighted by molar-refractivity contribution is -0.118. The maximum Gasteiger partial charge on any atom is 0.282 e. The zero-order chi connectivity index (χ0) is 34.0. The number of hydrogen-bond acceptors (Lipinski definition) is 10. The third kappa shape index (κ3) is 6.14. The van der Waals surface area contributed by atoms with E-state index in [0.717, 1.165) is 28.5 Å². The Bertz CT molecular complexity index is 1890. The van der Waals surface area contributed by atoms with Gasteiger partial charge in [-0.1, -0.05) is 73.7 Å². The van der Waals surface area contributed by atoms with Crippen LogP contribution in [0.2, 0.25) is 0 Å². The van der Waals surface area contributed by atoms with E-state index in [-0.39, 0.29) is 35.5 Å². The van der Waals surface area contributed by atoms with Crippen molar-refractivity contribution < 1.29 is 28.5 Å². The lowest BCUT2D eigenvalue weighted by atomic mass is 9.80. The number of nitrogens with one attached hydrogen (secondary N) is 2. The molecular formula is C34H35FN6O6S. The van der Waals surface area contributed by atoms with Gasteiger partial charge in [0.25, 0.3) is 5.56 Å². The van der Waals surface area contributed by atoms with E-state index in [2.05, 4.69) is 25.6 Å². The van der Waals surface area contributed by atoms with E-state index in [1.165, 1.54) is 4.68 Å². The number of carbonyl (C=O) groups excluding carboxylic acids is 1. The average Bonchev–Trinajstić information content (AvgIpc) is 3.66. The number of fused-ring (bicyclic) bond motifs is 1. The molecule has 0 spiro atoms. The Balaban J connectivity index is 1.36. The van der Waals surface area contributed by atoms with E-state index < -0.39 is 34.1 Å². The number of nitrogens with zero attached hydrogens (tertiary/aromatic N) is 4. The first kappa shape index (κ1) is 33.1. The number of H-pyrrole nitrogens is 1. The van der Waals surface area contributed by atoms with Gasteiger partial charge in [0.2, 0.25) is 11.9 Å². The van der Waals surface area contributed by atoms with Crippen LogP contribution < -0.4 is 20.3 Å². The van der Waals surface area contributed by atoms with Crippen LogP contribution in [0.25, 0.3) is 11.2 Å². The lowest BCUT2D eigenvalue weighted by Gasteiger charge is -2.37. The molecule has 12 nitrogen and oxygen atoms in total. The Morgan fingerprint density at radius 2 is 1.58 bits per heavy atom. The molecular weight excluding hydrogens is 639 g/mol. The molecule has 3 N–H and O–H groups in total. The zero-order valence-electron chi connectivity index (χ0n) is 26.7. The second-order valence-corrected chi connectivity index (χ2v) is 12.9. The standard InChI is InChI=1S/C34H35FN6O6S/c1-19(2)30(43)37-33-36-29-27(31(44)38-33)39-40-41(29)32-28(42)26(35)25(48-32)18-47-34(20-8-6-5-7-9-20,21-10-14-23(45-3)15-11-21)22-12-16-24(46-4)17-13-22/h5-17,19,25-26,28,32,42H,18H2,1-4H3,(H2,36,37,38,43,44)/t25-,26-,28-,32-/m1/s1. The van der Waals surface area contributed by atoms with Gasteiger partial charge >= 0.3 is 0 Å². The fourth-order valence-corrected chi connectivity index (χ4v) is 7.04. The van der Waals surface area contributed by atoms with Gasteiger partial charge in [-0.2, -0.15) is 4.98 Å². The lowest BCUT2D eigenvalue weighted by Crippen LogP contribution is -2.37. The summed E-state index contributed by atoms with van der Waals surface area (Å²) in [5.74, 6) is 0.499. The summed E-state index contributed by atoms with van der Waals surface area (Å²) in [5.41, 5.74) is 0.416. The first-order valence-corrected chi connectivity index (χ1v) is 16.2. The predicted molar refractivity (Wildman–Crippen MR) is 179 cm³/mol. The fraction of sp³-hybridized carbons (Fsp3) is 0.324. The second-order valence-electron chi connectivity index (χ2n) is 11.6. The molecule has 2 aromatic heterocycles. The Morgan fingerprint density at radius 3 is 2.15 bits per heavy atom. The van der Waals surface area contributed by atoms with Gasteiger partial charge in [-0.25, -0.2) is 9.07 Å². The number of rotatable bonds is 11. The van der Waals surface area contributed by atoms with Crippen molar-refractivity contribution in [2.75, 3.05) is 26.1 Å². The fourth-order valence-electron chi connectivity index (χ4n) is 5.66. The largest absolute Gasteiger partial charge is 0.497 e. The van der Waals surface area contributed by atoms with Crippen LogP contribution in [0.3, 0.4) is 0 Å². The first-order chi connectivity index (χ1) is 23.2.